The summed E-state index contributed by atoms with van der Waals surface area (Å²) in [6, 6.07) is 3.40. The van der Waals surface area contributed by atoms with Crippen molar-refractivity contribution in [2.75, 3.05) is 31.1 Å². The Bertz CT molecular complexity index is 684. The molecule has 128 valence electrons. The second-order valence-electron chi connectivity index (χ2n) is 5.92. The quantitative estimate of drug-likeness (QED) is 0.497. The zero-order valence-electron chi connectivity index (χ0n) is 12.9. The molecule has 1 aromatic rings. The van der Waals surface area contributed by atoms with Gasteiger partial charge in [-0.3, -0.25) is 19.7 Å². The number of halogens is 1. The van der Waals surface area contributed by atoms with Gasteiger partial charge >= 0.3 is 11.8 Å². The highest BCUT2D eigenvalue weighted by atomic mass is 19.1. The van der Waals surface area contributed by atoms with Crippen molar-refractivity contribution in [3.05, 3.63) is 34.1 Å². The van der Waals surface area contributed by atoms with Crippen molar-refractivity contribution < 1.29 is 18.9 Å². The van der Waals surface area contributed by atoms with Gasteiger partial charge in [0.25, 0.3) is 5.69 Å². The average Bonchev–Trinajstić information content (AvgIpc) is 3.38. The monoisotopic (exact) mass is 336 g/mol. The van der Waals surface area contributed by atoms with Gasteiger partial charge in [0, 0.05) is 44.4 Å². The predicted molar refractivity (Wildman–Crippen MR) is 83.0 cm³/mol. The molecule has 1 saturated carbocycles. The average molecular weight is 336 g/mol. The van der Waals surface area contributed by atoms with Crippen LogP contribution in [0.2, 0.25) is 0 Å². The summed E-state index contributed by atoms with van der Waals surface area (Å²) in [4.78, 5) is 37.4. The lowest BCUT2D eigenvalue weighted by molar-refractivity contribution is -0.384. The molecule has 0 aromatic heterocycles. The molecule has 0 atom stereocenters. The van der Waals surface area contributed by atoms with E-state index in [1.54, 1.807) is 4.90 Å². The fraction of sp³-hybridized carbons (Fsp3) is 0.467. The minimum atomic E-state index is -0.609. The van der Waals surface area contributed by atoms with E-state index in [-0.39, 0.29) is 30.5 Å². The maximum atomic E-state index is 13.4. The molecule has 0 unspecified atom stereocenters. The van der Waals surface area contributed by atoms with Crippen LogP contribution in [-0.2, 0) is 9.59 Å². The summed E-state index contributed by atoms with van der Waals surface area (Å²) < 4.78 is 13.4. The fourth-order valence-corrected chi connectivity index (χ4v) is 2.67. The van der Waals surface area contributed by atoms with E-state index < -0.39 is 22.6 Å². The summed E-state index contributed by atoms with van der Waals surface area (Å²) in [5, 5.41) is 13.7. The Hall–Kier alpha value is -2.71. The van der Waals surface area contributed by atoms with Gasteiger partial charge in [0.1, 0.15) is 11.5 Å². The zero-order valence-corrected chi connectivity index (χ0v) is 12.9. The fourth-order valence-electron chi connectivity index (χ4n) is 2.67. The first-order valence-electron chi connectivity index (χ1n) is 7.74. The Morgan fingerprint density at radius 2 is 1.88 bits per heavy atom. The molecule has 1 N–H and O–H groups in total. The van der Waals surface area contributed by atoms with Crippen molar-refractivity contribution in [3.8, 4) is 0 Å². The minimum Gasteiger partial charge on any atom is -0.362 e. The van der Waals surface area contributed by atoms with Crippen molar-refractivity contribution in [2.45, 2.75) is 18.9 Å². The molecular weight excluding hydrogens is 319 g/mol. The standard InChI is InChI=1S/C15H17FN4O4/c16-10-1-4-12(20(23)24)13(9-10)18-5-7-19(8-6-18)15(22)14(21)17-11-2-3-11/h1,4,9,11H,2-3,5-8H2,(H,17,21). The Kier molecular flexibility index (Phi) is 4.32. The second-order valence-corrected chi connectivity index (χ2v) is 5.92. The largest absolute Gasteiger partial charge is 0.362 e. The molecule has 0 bridgehead atoms. The molecule has 2 fully saturated rings. The summed E-state index contributed by atoms with van der Waals surface area (Å²) in [6.45, 7) is 1.11. The topological polar surface area (TPSA) is 95.8 Å². The Balaban J connectivity index is 1.64. The molecule has 0 radical (unpaired) electrons. The Labute approximate surface area is 137 Å². The van der Waals surface area contributed by atoms with Crippen molar-refractivity contribution >= 4 is 23.2 Å². The van der Waals surface area contributed by atoms with E-state index in [0.29, 0.717) is 13.1 Å². The normalized spacial score (nSPS) is 17.5. The van der Waals surface area contributed by atoms with E-state index >= 15 is 0 Å². The number of nitro benzene ring substituents is 1. The number of amides is 2. The van der Waals surface area contributed by atoms with Gasteiger partial charge < -0.3 is 15.1 Å². The van der Waals surface area contributed by atoms with Crippen molar-refractivity contribution in [1.82, 2.24) is 10.2 Å². The molecule has 0 spiro atoms. The molecule has 1 heterocycles. The first-order valence-corrected chi connectivity index (χ1v) is 7.74. The number of carbonyl (C=O) groups excluding carboxylic acids is 2. The molecule has 24 heavy (non-hydrogen) atoms. The molecule has 1 aromatic carbocycles. The van der Waals surface area contributed by atoms with Crippen molar-refractivity contribution in [2.24, 2.45) is 0 Å². The molecule has 2 amide bonds. The van der Waals surface area contributed by atoms with E-state index in [4.69, 9.17) is 0 Å². The number of hydrogen-bond donors (Lipinski definition) is 1. The van der Waals surface area contributed by atoms with Gasteiger partial charge in [-0.25, -0.2) is 4.39 Å². The second kappa shape index (κ2) is 6.42. The van der Waals surface area contributed by atoms with E-state index in [9.17, 15) is 24.1 Å². The van der Waals surface area contributed by atoms with Crippen molar-refractivity contribution in [3.63, 3.8) is 0 Å². The maximum absolute atomic E-state index is 13.4. The summed E-state index contributed by atoms with van der Waals surface area (Å²) in [7, 11) is 0. The number of piperazine rings is 1. The third-order valence-electron chi connectivity index (χ3n) is 4.15. The van der Waals surface area contributed by atoms with Gasteiger partial charge in [0.2, 0.25) is 0 Å². The summed E-state index contributed by atoms with van der Waals surface area (Å²) in [5.41, 5.74) is 0.0113. The highest BCUT2D eigenvalue weighted by Gasteiger charge is 2.31. The predicted octanol–water partition coefficient (Wildman–Crippen LogP) is 0.661. The van der Waals surface area contributed by atoms with E-state index in [1.807, 2.05) is 0 Å². The van der Waals surface area contributed by atoms with Gasteiger partial charge in [-0.05, 0) is 18.9 Å². The van der Waals surface area contributed by atoms with Crippen LogP contribution in [0.1, 0.15) is 12.8 Å². The number of anilines is 1. The number of carbonyl (C=O) groups is 2. The SMILES string of the molecule is O=C(NC1CC1)C(=O)N1CCN(c2cc(F)ccc2[N+](=O)[O-])CC1. The van der Waals surface area contributed by atoms with E-state index in [2.05, 4.69) is 5.32 Å². The van der Waals surface area contributed by atoms with Crippen LogP contribution in [0.5, 0.6) is 0 Å². The number of rotatable bonds is 3. The van der Waals surface area contributed by atoms with E-state index in [1.165, 1.54) is 4.90 Å². The first-order chi connectivity index (χ1) is 11.5. The van der Waals surface area contributed by atoms with Gasteiger partial charge in [0.05, 0.1) is 4.92 Å². The van der Waals surface area contributed by atoms with Crippen LogP contribution in [0, 0.1) is 15.9 Å². The third kappa shape index (κ3) is 3.44. The molecule has 2 aliphatic rings. The smallest absolute Gasteiger partial charge is 0.312 e. The lowest BCUT2D eigenvalue weighted by atomic mass is 10.2. The van der Waals surface area contributed by atoms with Gasteiger partial charge in [-0.2, -0.15) is 0 Å². The van der Waals surface area contributed by atoms with Crippen LogP contribution in [0.25, 0.3) is 0 Å². The highest BCUT2D eigenvalue weighted by molar-refractivity contribution is 6.35. The number of hydrogen-bond acceptors (Lipinski definition) is 5. The van der Waals surface area contributed by atoms with Gasteiger partial charge in [0.15, 0.2) is 0 Å². The number of benzene rings is 1. The summed E-state index contributed by atoms with van der Waals surface area (Å²) >= 11 is 0. The van der Waals surface area contributed by atoms with Crippen LogP contribution in [0.4, 0.5) is 15.8 Å². The highest BCUT2D eigenvalue weighted by Crippen LogP contribution is 2.29. The number of nitrogens with zero attached hydrogens (tertiary/aromatic N) is 3. The Morgan fingerprint density at radius 3 is 2.46 bits per heavy atom. The van der Waals surface area contributed by atoms with E-state index in [0.717, 1.165) is 31.0 Å². The maximum Gasteiger partial charge on any atom is 0.312 e. The molecule has 9 heteroatoms. The van der Waals surface area contributed by atoms with Crippen LogP contribution >= 0.6 is 0 Å². The van der Waals surface area contributed by atoms with Crippen LogP contribution in [0.15, 0.2) is 18.2 Å². The summed E-state index contributed by atoms with van der Waals surface area (Å²) in [5.74, 6) is -1.75. The molecular formula is C15H17FN4O4. The molecule has 1 saturated heterocycles. The third-order valence-corrected chi connectivity index (χ3v) is 4.15. The minimum absolute atomic E-state index is 0.109. The van der Waals surface area contributed by atoms with Crippen LogP contribution in [-0.4, -0.2) is 53.9 Å². The molecule has 1 aliphatic carbocycles. The van der Waals surface area contributed by atoms with Crippen LogP contribution < -0.4 is 10.2 Å². The molecule has 8 nitrogen and oxygen atoms in total. The lowest BCUT2D eigenvalue weighted by Gasteiger charge is -2.35. The van der Waals surface area contributed by atoms with Gasteiger partial charge in [-0.15, -0.1) is 0 Å². The molecule has 3 rings (SSSR count). The number of nitrogens with one attached hydrogen (secondary N) is 1. The van der Waals surface area contributed by atoms with Crippen molar-refractivity contribution in [1.29, 1.82) is 0 Å². The molecule has 1 aliphatic heterocycles. The van der Waals surface area contributed by atoms with Crippen LogP contribution in [0.3, 0.4) is 0 Å². The lowest BCUT2D eigenvalue weighted by Crippen LogP contribution is -2.53. The first kappa shape index (κ1) is 16.2. The van der Waals surface area contributed by atoms with Gasteiger partial charge in [-0.1, -0.05) is 0 Å². The summed E-state index contributed by atoms with van der Waals surface area (Å²) in [6.07, 6.45) is 1.80. The number of nitro groups is 1. The Morgan fingerprint density at radius 1 is 1.21 bits per heavy atom. The zero-order chi connectivity index (χ0) is 17.3.